The Hall–Kier alpha value is -0.150. The maximum Gasteiger partial charge on any atom is 0.336 e. The van der Waals surface area contributed by atoms with Gasteiger partial charge in [-0.2, -0.15) is 0 Å². The van der Waals surface area contributed by atoms with Crippen molar-refractivity contribution in [3.8, 4) is 0 Å². The van der Waals surface area contributed by atoms with E-state index in [4.69, 9.17) is 9.05 Å². The van der Waals surface area contributed by atoms with E-state index in [2.05, 4.69) is 0 Å². The highest BCUT2D eigenvalue weighted by Gasteiger charge is 2.46. The van der Waals surface area contributed by atoms with Crippen LogP contribution in [0.3, 0.4) is 0 Å². The van der Waals surface area contributed by atoms with Gasteiger partial charge in [0.05, 0.1) is 24.5 Å². The van der Waals surface area contributed by atoms with Crippen LogP contribution in [0.15, 0.2) is 11.6 Å². The molecule has 5 heteroatoms. The molecule has 0 saturated heterocycles. The summed E-state index contributed by atoms with van der Waals surface area (Å²) in [5.74, 6) is 0. The summed E-state index contributed by atoms with van der Waals surface area (Å²) < 4.78 is 23.3. The van der Waals surface area contributed by atoms with Crippen molar-refractivity contribution in [2.75, 3.05) is 13.2 Å². The molecular weight excluding hydrogens is 251 g/mol. The Bertz CT molecular complexity index is 343. The van der Waals surface area contributed by atoms with Crippen molar-refractivity contribution in [3.05, 3.63) is 11.6 Å². The van der Waals surface area contributed by atoms with Gasteiger partial charge in [0.1, 0.15) is 0 Å². The predicted octanol–water partition coefficient (Wildman–Crippen LogP) is 3.50. The van der Waals surface area contributed by atoms with Crippen LogP contribution in [-0.2, 0) is 13.6 Å². The fourth-order valence-corrected chi connectivity index (χ4v) is 4.44. The van der Waals surface area contributed by atoms with E-state index in [0.29, 0.717) is 19.6 Å². The molecule has 0 aromatic rings. The number of rotatable bonds is 6. The average Bonchev–Trinajstić information content (AvgIpc) is 2.28. The van der Waals surface area contributed by atoms with Crippen LogP contribution in [0, 0.1) is 0 Å². The van der Waals surface area contributed by atoms with Gasteiger partial charge in [-0.1, -0.05) is 11.6 Å². The zero-order valence-electron chi connectivity index (χ0n) is 11.8. The molecule has 0 saturated carbocycles. The van der Waals surface area contributed by atoms with Crippen molar-refractivity contribution in [2.24, 2.45) is 0 Å². The van der Waals surface area contributed by atoms with Gasteiger partial charge in [-0.25, -0.2) is 0 Å². The highest BCUT2D eigenvalue weighted by molar-refractivity contribution is 7.54. The van der Waals surface area contributed by atoms with Crippen molar-refractivity contribution < 1.29 is 18.7 Å². The highest BCUT2D eigenvalue weighted by atomic mass is 31.2. The molecule has 0 spiro atoms. The lowest BCUT2D eigenvalue weighted by molar-refractivity contribution is 0.0589. The number of aliphatic hydroxyl groups is 1. The van der Waals surface area contributed by atoms with Gasteiger partial charge in [0, 0.05) is 0 Å². The predicted molar refractivity (Wildman–Crippen MR) is 72.9 cm³/mol. The molecule has 0 radical (unpaired) electrons. The van der Waals surface area contributed by atoms with Crippen LogP contribution in [-0.4, -0.2) is 29.6 Å². The molecule has 0 bridgehead atoms. The summed E-state index contributed by atoms with van der Waals surface area (Å²) >= 11 is 0. The fourth-order valence-electron chi connectivity index (χ4n) is 2.45. The van der Waals surface area contributed by atoms with E-state index in [9.17, 15) is 9.67 Å². The van der Waals surface area contributed by atoms with Gasteiger partial charge < -0.3 is 14.2 Å². The summed E-state index contributed by atoms with van der Waals surface area (Å²) in [6.07, 6.45) is 4.32. The molecule has 4 nitrogen and oxygen atoms in total. The van der Waals surface area contributed by atoms with Crippen molar-refractivity contribution in [1.82, 2.24) is 0 Å². The van der Waals surface area contributed by atoms with Crippen LogP contribution >= 0.6 is 7.60 Å². The second kappa shape index (κ2) is 6.33. The Labute approximate surface area is 110 Å². The van der Waals surface area contributed by atoms with E-state index in [0.717, 1.165) is 18.4 Å². The lowest BCUT2D eigenvalue weighted by Crippen LogP contribution is -2.41. The molecule has 0 aromatic heterocycles. The Morgan fingerprint density at radius 3 is 2.44 bits per heavy atom. The number of allylic oxidation sites excluding steroid dienone is 1. The van der Waals surface area contributed by atoms with Gasteiger partial charge in [-0.15, -0.1) is 0 Å². The topological polar surface area (TPSA) is 55.8 Å². The fraction of sp³-hybridized carbons (Fsp3) is 0.846. The Morgan fingerprint density at radius 1 is 1.44 bits per heavy atom. The second-order valence-electron chi connectivity index (χ2n) is 4.89. The van der Waals surface area contributed by atoms with E-state index < -0.39 is 18.9 Å². The standard InChI is InChI=1S/C13H25O4P/c1-5-16-18(15,17-6-2)12(4)13(14)9-7-8-11(3)10-13/h10,12,14H,5-9H2,1-4H3. The first-order valence-corrected chi connectivity index (χ1v) is 8.28. The summed E-state index contributed by atoms with van der Waals surface area (Å²) in [6, 6.07) is 0. The molecule has 2 atom stereocenters. The minimum absolute atomic E-state index is 0.320. The Kier molecular flexibility index (Phi) is 5.60. The molecule has 1 aliphatic carbocycles. The summed E-state index contributed by atoms with van der Waals surface area (Å²) in [5, 5.41) is 10.7. The summed E-state index contributed by atoms with van der Waals surface area (Å²) in [7, 11) is -3.27. The van der Waals surface area contributed by atoms with Gasteiger partial charge in [-0.05, 0) is 47.0 Å². The van der Waals surface area contributed by atoms with Gasteiger partial charge in [0.25, 0.3) is 0 Å². The van der Waals surface area contributed by atoms with Crippen molar-refractivity contribution in [2.45, 2.75) is 58.2 Å². The lowest BCUT2D eigenvalue weighted by Gasteiger charge is -2.37. The zero-order chi connectivity index (χ0) is 13.8. The zero-order valence-corrected chi connectivity index (χ0v) is 12.7. The molecule has 2 unspecified atom stereocenters. The quantitative estimate of drug-likeness (QED) is 0.596. The van der Waals surface area contributed by atoms with E-state index in [-0.39, 0.29) is 0 Å². The highest BCUT2D eigenvalue weighted by Crippen LogP contribution is 2.57. The third-order valence-electron chi connectivity index (χ3n) is 3.46. The normalized spacial score (nSPS) is 26.8. The SMILES string of the molecule is CCOP(=O)(OCC)C(C)C1(O)C=C(C)CCC1. The first-order chi connectivity index (χ1) is 8.38. The van der Waals surface area contributed by atoms with Crippen LogP contribution in [0.25, 0.3) is 0 Å². The van der Waals surface area contributed by atoms with Crippen molar-refractivity contribution in [1.29, 1.82) is 0 Å². The van der Waals surface area contributed by atoms with Crippen LogP contribution in [0.5, 0.6) is 0 Å². The number of hydrogen-bond donors (Lipinski definition) is 1. The molecule has 1 rings (SSSR count). The summed E-state index contributed by atoms with van der Waals surface area (Å²) in [5.41, 5.74) is -0.488. The van der Waals surface area contributed by atoms with E-state index in [1.165, 1.54) is 0 Å². The van der Waals surface area contributed by atoms with E-state index in [1.54, 1.807) is 20.8 Å². The van der Waals surface area contributed by atoms with E-state index >= 15 is 0 Å². The first kappa shape index (κ1) is 15.9. The molecule has 1 aliphatic rings. The minimum Gasteiger partial charge on any atom is -0.385 e. The minimum atomic E-state index is -3.27. The Balaban J connectivity index is 2.98. The van der Waals surface area contributed by atoms with Crippen molar-refractivity contribution in [3.63, 3.8) is 0 Å². The monoisotopic (exact) mass is 276 g/mol. The third kappa shape index (κ3) is 3.45. The molecule has 106 valence electrons. The maximum absolute atomic E-state index is 12.7. The van der Waals surface area contributed by atoms with Crippen LogP contribution in [0.1, 0.15) is 47.0 Å². The van der Waals surface area contributed by atoms with Gasteiger partial charge in [0.15, 0.2) is 0 Å². The van der Waals surface area contributed by atoms with Gasteiger partial charge in [-0.3, -0.25) is 4.57 Å². The maximum atomic E-state index is 12.7. The van der Waals surface area contributed by atoms with Gasteiger partial charge >= 0.3 is 7.60 Å². The molecule has 1 N–H and O–H groups in total. The average molecular weight is 276 g/mol. The van der Waals surface area contributed by atoms with E-state index in [1.807, 2.05) is 13.0 Å². The molecular formula is C13H25O4P. The van der Waals surface area contributed by atoms with Crippen LogP contribution in [0.4, 0.5) is 0 Å². The van der Waals surface area contributed by atoms with Crippen LogP contribution in [0.2, 0.25) is 0 Å². The lowest BCUT2D eigenvalue weighted by atomic mass is 9.85. The van der Waals surface area contributed by atoms with Gasteiger partial charge in [0.2, 0.25) is 0 Å². The first-order valence-electron chi connectivity index (χ1n) is 6.67. The van der Waals surface area contributed by atoms with Crippen molar-refractivity contribution >= 4 is 7.60 Å². The smallest absolute Gasteiger partial charge is 0.336 e. The Morgan fingerprint density at radius 2 is 2.00 bits per heavy atom. The summed E-state index contributed by atoms with van der Waals surface area (Å²) in [6.45, 7) is 7.94. The molecule has 18 heavy (non-hydrogen) atoms. The molecule has 0 fully saturated rings. The molecule has 0 aromatic carbocycles. The second-order valence-corrected chi connectivity index (χ2v) is 7.26. The summed E-state index contributed by atoms with van der Waals surface area (Å²) in [4.78, 5) is 0. The number of hydrogen-bond acceptors (Lipinski definition) is 4. The molecule has 0 amide bonds. The largest absolute Gasteiger partial charge is 0.385 e. The van der Waals surface area contributed by atoms with Crippen LogP contribution < -0.4 is 0 Å². The molecule has 0 aliphatic heterocycles. The molecule has 0 heterocycles. The third-order valence-corrected chi connectivity index (χ3v) is 6.09.